The molecule has 0 aliphatic carbocycles. The van der Waals surface area contributed by atoms with Gasteiger partial charge in [-0.25, -0.2) is 0 Å². The van der Waals surface area contributed by atoms with Crippen molar-refractivity contribution >= 4 is 10.2 Å². The van der Waals surface area contributed by atoms with Crippen LogP contribution in [0.1, 0.15) is 32.1 Å². The van der Waals surface area contributed by atoms with Gasteiger partial charge in [0.05, 0.1) is 0 Å². The predicted molar refractivity (Wildman–Crippen MR) is 75.0 cm³/mol. The zero-order chi connectivity index (χ0) is 13.3. The summed E-state index contributed by atoms with van der Waals surface area (Å²) in [6.45, 7) is 4.91. The molecule has 3 fully saturated rings. The highest BCUT2D eigenvalue weighted by atomic mass is 32.2. The van der Waals surface area contributed by atoms with Gasteiger partial charge in [0.1, 0.15) is 0 Å². The highest BCUT2D eigenvalue weighted by Gasteiger charge is 2.39. The first-order valence-electron chi connectivity index (χ1n) is 7.64. The normalized spacial score (nSPS) is 34.9. The van der Waals surface area contributed by atoms with Crippen LogP contribution in [0.4, 0.5) is 0 Å². The summed E-state index contributed by atoms with van der Waals surface area (Å²) < 4.78 is 28.9. The third-order valence-electron chi connectivity index (χ3n) is 4.88. The van der Waals surface area contributed by atoms with Gasteiger partial charge in [-0.05, 0) is 44.2 Å². The third-order valence-corrected chi connectivity index (χ3v) is 6.89. The third kappa shape index (κ3) is 2.82. The van der Waals surface area contributed by atoms with Crippen LogP contribution in [0.3, 0.4) is 0 Å². The van der Waals surface area contributed by atoms with Gasteiger partial charge in [0.2, 0.25) is 0 Å². The van der Waals surface area contributed by atoms with E-state index < -0.39 is 10.2 Å². The van der Waals surface area contributed by atoms with Crippen molar-refractivity contribution in [3.05, 3.63) is 0 Å². The predicted octanol–water partition coefficient (Wildman–Crippen LogP) is 0.649. The van der Waals surface area contributed by atoms with Crippen LogP contribution in [0.2, 0.25) is 0 Å². The van der Waals surface area contributed by atoms with E-state index in [0.717, 1.165) is 38.9 Å². The first kappa shape index (κ1) is 13.8. The Bertz CT molecular complexity index is 404. The van der Waals surface area contributed by atoms with Crippen LogP contribution < -0.4 is 5.32 Å². The average molecular weight is 287 g/mol. The van der Waals surface area contributed by atoms with Crippen LogP contribution in [0.25, 0.3) is 0 Å². The SMILES string of the molecule is O=S(=O)(N1CCCCCC1)N1CCC2CNCC2C1. The summed E-state index contributed by atoms with van der Waals surface area (Å²) in [5, 5.41) is 3.39. The van der Waals surface area contributed by atoms with E-state index in [0.29, 0.717) is 31.5 Å². The number of hydrogen-bond donors (Lipinski definition) is 1. The fourth-order valence-corrected chi connectivity index (χ4v) is 5.41. The molecular formula is C13H25N3O2S. The van der Waals surface area contributed by atoms with Crippen molar-refractivity contribution in [2.45, 2.75) is 32.1 Å². The Morgan fingerprint density at radius 3 is 2.26 bits per heavy atom. The molecule has 0 radical (unpaired) electrons. The van der Waals surface area contributed by atoms with Gasteiger partial charge in [0.25, 0.3) is 10.2 Å². The molecule has 1 N–H and O–H groups in total. The Kier molecular flexibility index (Phi) is 4.12. The molecule has 3 heterocycles. The quantitative estimate of drug-likeness (QED) is 0.811. The molecule has 3 aliphatic rings. The van der Waals surface area contributed by atoms with E-state index in [1.165, 1.54) is 12.8 Å². The largest absolute Gasteiger partial charge is 0.316 e. The second-order valence-electron chi connectivity index (χ2n) is 6.15. The zero-order valence-corrected chi connectivity index (χ0v) is 12.4. The Morgan fingerprint density at radius 2 is 1.53 bits per heavy atom. The van der Waals surface area contributed by atoms with Gasteiger partial charge >= 0.3 is 0 Å². The fourth-order valence-electron chi connectivity index (χ4n) is 3.65. The topological polar surface area (TPSA) is 52.7 Å². The number of piperidine rings is 1. The minimum Gasteiger partial charge on any atom is -0.316 e. The minimum absolute atomic E-state index is 0.524. The molecule has 5 nitrogen and oxygen atoms in total. The minimum atomic E-state index is -3.21. The standard InChI is InChI=1S/C13H25N3O2S/c17-19(18,15-6-3-1-2-4-7-15)16-8-5-12-9-14-10-13(12)11-16/h12-14H,1-11H2. The maximum Gasteiger partial charge on any atom is 0.281 e. The molecule has 0 aromatic rings. The van der Waals surface area contributed by atoms with E-state index in [9.17, 15) is 8.42 Å². The molecule has 0 aromatic carbocycles. The van der Waals surface area contributed by atoms with Crippen molar-refractivity contribution in [3.8, 4) is 0 Å². The van der Waals surface area contributed by atoms with Crippen LogP contribution in [-0.4, -0.2) is 56.3 Å². The van der Waals surface area contributed by atoms with Crippen LogP contribution >= 0.6 is 0 Å². The van der Waals surface area contributed by atoms with E-state index in [4.69, 9.17) is 0 Å². The van der Waals surface area contributed by atoms with Crippen LogP contribution in [0, 0.1) is 11.8 Å². The van der Waals surface area contributed by atoms with Crippen LogP contribution in [-0.2, 0) is 10.2 Å². The molecule has 0 saturated carbocycles. The molecule has 2 atom stereocenters. The van der Waals surface area contributed by atoms with Gasteiger partial charge < -0.3 is 5.32 Å². The number of rotatable bonds is 2. The number of nitrogens with one attached hydrogen (secondary N) is 1. The molecule has 19 heavy (non-hydrogen) atoms. The van der Waals surface area contributed by atoms with Crippen molar-refractivity contribution in [1.29, 1.82) is 0 Å². The van der Waals surface area contributed by atoms with Gasteiger partial charge in [-0.1, -0.05) is 12.8 Å². The molecule has 110 valence electrons. The fraction of sp³-hybridized carbons (Fsp3) is 1.00. The van der Waals surface area contributed by atoms with E-state index in [1.54, 1.807) is 8.61 Å². The van der Waals surface area contributed by atoms with Gasteiger partial charge in [0.15, 0.2) is 0 Å². The van der Waals surface area contributed by atoms with E-state index in [-0.39, 0.29) is 0 Å². The zero-order valence-electron chi connectivity index (χ0n) is 11.6. The first-order chi connectivity index (χ1) is 9.18. The maximum atomic E-state index is 12.7. The summed E-state index contributed by atoms with van der Waals surface area (Å²) in [6.07, 6.45) is 5.38. The summed E-state index contributed by atoms with van der Waals surface area (Å²) in [7, 11) is -3.21. The van der Waals surface area contributed by atoms with Crippen molar-refractivity contribution in [3.63, 3.8) is 0 Å². The summed E-state index contributed by atoms with van der Waals surface area (Å²) >= 11 is 0. The lowest BCUT2D eigenvalue weighted by Crippen LogP contribution is -2.50. The summed E-state index contributed by atoms with van der Waals surface area (Å²) in [4.78, 5) is 0. The number of nitrogens with zero attached hydrogens (tertiary/aromatic N) is 2. The lowest BCUT2D eigenvalue weighted by Gasteiger charge is -2.36. The van der Waals surface area contributed by atoms with Gasteiger partial charge in [-0.3, -0.25) is 0 Å². The van der Waals surface area contributed by atoms with Crippen LogP contribution in [0.5, 0.6) is 0 Å². The Morgan fingerprint density at radius 1 is 0.842 bits per heavy atom. The second kappa shape index (κ2) is 5.68. The van der Waals surface area contributed by atoms with Crippen LogP contribution in [0.15, 0.2) is 0 Å². The Hall–Kier alpha value is -0.170. The molecule has 2 unspecified atom stereocenters. The molecule has 3 aliphatic heterocycles. The van der Waals surface area contributed by atoms with Crippen molar-refractivity contribution < 1.29 is 8.42 Å². The van der Waals surface area contributed by atoms with Crippen molar-refractivity contribution in [2.75, 3.05) is 39.3 Å². The molecule has 6 heteroatoms. The lowest BCUT2D eigenvalue weighted by molar-refractivity contribution is 0.214. The molecule has 3 rings (SSSR count). The molecule has 0 amide bonds. The average Bonchev–Trinajstić information content (AvgIpc) is 2.69. The van der Waals surface area contributed by atoms with Crippen molar-refractivity contribution in [2.24, 2.45) is 11.8 Å². The van der Waals surface area contributed by atoms with Gasteiger partial charge in [-0.15, -0.1) is 0 Å². The summed E-state index contributed by atoms with van der Waals surface area (Å²) in [6, 6.07) is 0. The molecular weight excluding hydrogens is 262 g/mol. The highest BCUT2D eigenvalue weighted by Crippen LogP contribution is 2.29. The monoisotopic (exact) mass is 287 g/mol. The van der Waals surface area contributed by atoms with E-state index in [2.05, 4.69) is 5.32 Å². The summed E-state index contributed by atoms with van der Waals surface area (Å²) in [5.41, 5.74) is 0. The number of hydrogen-bond acceptors (Lipinski definition) is 3. The second-order valence-corrected chi connectivity index (χ2v) is 8.07. The molecule has 0 spiro atoms. The molecule has 0 bridgehead atoms. The molecule has 3 saturated heterocycles. The first-order valence-corrected chi connectivity index (χ1v) is 9.03. The van der Waals surface area contributed by atoms with E-state index in [1.807, 2.05) is 0 Å². The van der Waals surface area contributed by atoms with Crippen molar-refractivity contribution in [1.82, 2.24) is 13.9 Å². The maximum absolute atomic E-state index is 12.7. The van der Waals surface area contributed by atoms with Gasteiger partial charge in [0, 0.05) is 26.2 Å². The lowest BCUT2D eigenvalue weighted by atomic mass is 9.90. The highest BCUT2D eigenvalue weighted by molar-refractivity contribution is 7.86. The molecule has 0 aromatic heterocycles. The Labute approximate surface area is 116 Å². The smallest absolute Gasteiger partial charge is 0.281 e. The number of fused-ring (bicyclic) bond motifs is 1. The van der Waals surface area contributed by atoms with Gasteiger partial charge in [-0.2, -0.15) is 17.0 Å². The van der Waals surface area contributed by atoms with E-state index >= 15 is 0 Å². The summed E-state index contributed by atoms with van der Waals surface area (Å²) in [5.74, 6) is 1.21. The Balaban J connectivity index is 1.69.